The zero-order valence-corrected chi connectivity index (χ0v) is 16.7. The first-order valence-corrected chi connectivity index (χ1v) is 9.91. The molecule has 0 radical (unpaired) electrons. The number of anilines is 1. The highest BCUT2D eigenvalue weighted by Crippen LogP contribution is 2.36. The van der Waals surface area contributed by atoms with Gasteiger partial charge in [0.25, 0.3) is 5.91 Å². The summed E-state index contributed by atoms with van der Waals surface area (Å²) in [7, 11) is 0. The number of rotatable bonds is 4. The second kappa shape index (κ2) is 7.88. The quantitative estimate of drug-likeness (QED) is 0.604. The summed E-state index contributed by atoms with van der Waals surface area (Å²) in [5.74, 6) is -0.560. The lowest BCUT2D eigenvalue weighted by Gasteiger charge is -2.19. The van der Waals surface area contributed by atoms with E-state index in [9.17, 15) is 14.0 Å². The Bertz CT molecular complexity index is 1120. The molecular formula is C20H15ClFNO5S. The fourth-order valence-corrected chi connectivity index (χ4v) is 4.22. The molecule has 1 unspecified atom stereocenters. The Morgan fingerprint density at radius 1 is 1.17 bits per heavy atom. The van der Waals surface area contributed by atoms with Crippen molar-refractivity contribution in [2.24, 2.45) is 0 Å². The van der Waals surface area contributed by atoms with Crippen molar-refractivity contribution in [2.45, 2.75) is 13.0 Å². The molecule has 1 N–H and O–H groups in total. The summed E-state index contributed by atoms with van der Waals surface area (Å²) >= 11 is 7.24. The number of hydrogen-bond donors (Lipinski definition) is 1. The molecular weight excluding hydrogens is 421 g/mol. The molecule has 2 heterocycles. The van der Waals surface area contributed by atoms with Gasteiger partial charge in [0.05, 0.1) is 5.02 Å². The van der Waals surface area contributed by atoms with E-state index in [0.29, 0.717) is 40.5 Å². The van der Waals surface area contributed by atoms with Crippen LogP contribution in [0.5, 0.6) is 11.5 Å². The van der Waals surface area contributed by atoms with Gasteiger partial charge in [0, 0.05) is 21.8 Å². The third-order valence-electron chi connectivity index (χ3n) is 4.24. The zero-order chi connectivity index (χ0) is 20.5. The summed E-state index contributed by atoms with van der Waals surface area (Å²) in [6, 6.07) is 9.05. The molecule has 2 aromatic carbocycles. The van der Waals surface area contributed by atoms with Crippen LogP contribution in [0, 0.1) is 5.82 Å². The molecule has 6 nitrogen and oxygen atoms in total. The zero-order valence-electron chi connectivity index (χ0n) is 15.2. The van der Waals surface area contributed by atoms with E-state index in [2.05, 4.69) is 5.32 Å². The van der Waals surface area contributed by atoms with Crippen LogP contribution in [0.1, 0.15) is 16.6 Å². The van der Waals surface area contributed by atoms with Crippen LogP contribution in [0.4, 0.5) is 10.1 Å². The van der Waals surface area contributed by atoms with E-state index in [1.807, 2.05) is 0 Å². The summed E-state index contributed by atoms with van der Waals surface area (Å²) in [6.45, 7) is 2.35. The third kappa shape index (κ3) is 3.99. The van der Waals surface area contributed by atoms with Crippen molar-refractivity contribution in [2.75, 3.05) is 18.5 Å². The first kappa shape index (κ1) is 19.5. The minimum Gasteiger partial charge on any atom is -0.486 e. The number of esters is 1. The van der Waals surface area contributed by atoms with Gasteiger partial charge in [-0.1, -0.05) is 11.6 Å². The Labute approximate surface area is 174 Å². The highest BCUT2D eigenvalue weighted by molar-refractivity contribution is 7.21. The molecule has 1 aliphatic rings. The topological polar surface area (TPSA) is 73.9 Å². The number of nitrogens with one attached hydrogen (secondary N) is 1. The average Bonchev–Trinajstić information content (AvgIpc) is 3.03. The highest BCUT2D eigenvalue weighted by atomic mass is 35.5. The molecule has 0 bridgehead atoms. The van der Waals surface area contributed by atoms with Crippen LogP contribution >= 0.6 is 22.9 Å². The molecule has 0 saturated heterocycles. The Hall–Kier alpha value is -2.84. The molecule has 3 aromatic rings. The molecule has 1 atom stereocenters. The summed E-state index contributed by atoms with van der Waals surface area (Å²) in [4.78, 5) is 25.0. The van der Waals surface area contributed by atoms with Gasteiger partial charge in [-0.25, -0.2) is 9.18 Å². The van der Waals surface area contributed by atoms with Gasteiger partial charge >= 0.3 is 5.97 Å². The number of thiophene rings is 1. The number of fused-ring (bicyclic) bond motifs is 2. The van der Waals surface area contributed by atoms with E-state index in [1.165, 1.54) is 25.1 Å². The van der Waals surface area contributed by atoms with Crippen LogP contribution in [0.3, 0.4) is 0 Å². The molecule has 29 heavy (non-hydrogen) atoms. The predicted molar refractivity (Wildman–Crippen MR) is 108 cm³/mol. The highest BCUT2D eigenvalue weighted by Gasteiger charge is 2.24. The van der Waals surface area contributed by atoms with Crippen LogP contribution in [0.15, 0.2) is 36.4 Å². The number of hydrogen-bond acceptors (Lipinski definition) is 6. The van der Waals surface area contributed by atoms with E-state index < -0.39 is 23.8 Å². The van der Waals surface area contributed by atoms with Crippen LogP contribution in [-0.2, 0) is 9.53 Å². The van der Waals surface area contributed by atoms with Gasteiger partial charge in [0.2, 0.25) is 0 Å². The monoisotopic (exact) mass is 435 g/mol. The fourth-order valence-electron chi connectivity index (χ4n) is 2.80. The number of carbonyl (C=O) groups excluding carboxylic acids is 2. The molecule has 1 amide bonds. The van der Waals surface area contributed by atoms with Crippen molar-refractivity contribution in [1.29, 1.82) is 0 Å². The number of benzene rings is 2. The van der Waals surface area contributed by atoms with Crippen molar-refractivity contribution in [3.8, 4) is 11.5 Å². The maximum Gasteiger partial charge on any atom is 0.350 e. The van der Waals surface area contributed by atoms with Crippen molar-refractivity contribution in [3.63, 3.8) is 0 Å². The van der Waals surface area contributed by atoms with E-state index in [1.54, 1.807) is 18.2 Å². The van der Waals surface area contributed by atoms with E-state index in [-0.39, 0.29) is 9.90 Å². The van der Waals surface area contributed by atoms with Crippen LogP contribution in [0.25, 0.3) is 10.1 Å². The second-order valence-electron chi connectivity index (χ2n) is 6.28. The van der Waals surface area contributed by atoms with Gasteiger partial charge in [-0.3, -0.25) is 4.79 Å². The van der Waals surface area contributed by atoms with E-state index >= 15 is 0 Å². The van der Waals surface area contributed by atoms with Gasteiger partial charge in [-0.05, 0) is 37.3 Å². The molecule has 0 saturated carbocycles. The summed E-state index contributed by atoms with van der Waals surface area (Å²) in [5.41, 5.74) is 0.484. The summed E-state index contributed by atoms with van der Waals surface area (Å²) in [5, 5.41) is 3.40. The van der Waals surface area contributed by atoms with E-state index in [0.717, 1.165) is 11.3 Å². The summed E-state index contributed by atoms with van der Waals surface area (Å²) in [6.07, 6.45) is -1.08. The lowest BCUT2D eigenvalue weighted by molar-refractivity contribution is -0.123. The number of amides is 1. The van der Waals surface area contributed by atoms with Gasteiger partial charge in [0.1, 0.15) is 23.9 Å². The van der Waals surface area contributed by atoms with Crippen molar-refractivity contribution >= 4 is 50.6 Å². The number of carbonyl (C=O) groups is 2. The van der Waals surface area contributed by atoms with Gasteiger partial charge < -0.3 is 19.5 Å². The molecule has 0 aliphatic carbocycles. The number of ether oxygens (including phenoxy) is 3. The summed E-state index contributed by atoms with van der Waals surface area (Å²) < 4.78 is 30.1. The molecule has 0 fully saturated rings. The Morgan fingerprint density at radius 2 is 1.93 bits per heavy atom. The third-order valence-corrected chi connectivity index (χ3v) is 5.88. The molecule has 0 spiro atoms. The van der Waals surface area contributed by atoms with E-state index in [4.69, 9.17) is 25.8 Å². The fraction of sp³-hybridized carbons (Fsp3) is 0.200. The van der Waals surface area contributed by atoms with Crippen LogP contribution in [-0.4, -0.2) is 31.2 Å². The normalized spacial score (nSPS) is 13.8. The smallest absolute Gasteiger partial charge is 0.350 e. The maximum atomic E-state index is 13.4. The van der Waals surface area contributed by atoms with Crippen molar-refractivity contribution in [1.82, 2.24) is 0 Å². The van der Waals surface area contributed by atoms with Crippen molar-refractivity contribution < 1.29 is 28.2 Å². The lowest BCUT2D eigenvalue weighted by Crippen LogP contribution is -2.30. The molecule has 1 aromatic heterocycles. The lowest BCUT2D eigenvalue weighted by atomic mass is 10.2. The predicted octanol–water partition coefficient (Wildman–Crippen LogP) is 4.65. The van der Waals surface area contributed by atoms with Crippen LogP contribution < -0.4 is 14.8 Å². The van der Waals surface area contributed by atoms with Crippen LogP contribution in [0.2, 0.25) is 5.02 Å². The minimum absolute atomic E-state index is 0.117. The molecule has 1 aliphatic heterocycles. The standard InChI is InChI=1S/C20H15ClFNO5S/c1-10(19(24)23-12-3-5-14-15(9-12)27-7-6-26-14)28-20(25)18-17(21)13-4-2-11(22)8-16(13)29-18/h2-5,8-10H,6-7H2,1H3,(H,23,24). The average molecular weight is 436 g/mol. The largest absolute Gasteiger partial charge is 0.486 e. The van der Waals surface area contributed by atoms with Gasteiger partial charge in [-0.15, -0.1) is 11.3 Å². The Kier molecular flexibility index (Phi) is 5.29. The minimum atomic E-state index is -1.08. The molecule has 4 rings (SSSR count). The van der Waals surface area contributed by atoms with Gasteiger partial charge in [0.15, 0.2) is 17.6 Å². The number of halogens is 2. The first-order valence-electron chi connectivity index (χ1n) is 8.71. The molecule has 9 heteroatoms. The first-order chi connectivity index (χ1) is 13.9. The Balaban J connectivity index is 1.44. The van der Waals surface area contributed by atoms with Gasteiger partial charge in [-0.2, -0.15) is 0 Å². The SMILES string of the molecule is CC(OC(=O)c1sc2cc(F)ccc2c1Cl)C(=O)Nc1ccc2c(c1)OCCO2. The maximum absolute atomic E-state index is 13.4. The Morgan fingerprint density at radius 3 is 2.72 bits per heavy atom. The van der Waals surface area contributed by atoms with Crippen molar-refractivity contribution in [3.05, 3.63) is 52.1 Å². The molecule has 150 valence electrons. The second-order valence-corrected chi connectivity index (χ2v) is 7.71.